The molecular formula is C36H53N7O6. The van der Waals surface area contributed by atoms with Crippen LogP contribution in [0, 0.1) is 23.2 Å². The Kier molecular flexibility index (Phi) is 11.7. The summed E-state index contributed by atoms with van der Waals surface area (Å²) in [4.78, 5) is 91.4. The van der Waals surface area contributed by atoms with Crippen molar-refractivity contribution in [2.75, 3.05) is 6.54 Å². The summed E-state index contributed by atoms with van der Waals surface area (Å²) in [5.74, 6) is -3.20. The molecule has 4 N–H and O–H groups in total. The van der Waals surface area contributed by atoms with Crippen LogP contribution in [-0.2, 0) is 24.0 Å². The van der Waals surface area contributed by atoms with E-state index in [9.17, 15) is 28.8 Å². The van der Waals surface area contributed by atoms with Gasteiger partial charge >= 0.3 is 0 Å². The molecule has 5 rings (SSSR count). The van der Waals surface area contributed by atoms with Crippen molar-refractivity contribution in [3.05, 3.63) is 24.3 Å². The number of nitrogens with one attached hydrogen (secondary N) is 4. The number of carbonyl (C=O) groups excluding carboxylic acids is 6. The summed E-state index contributed by atoms with van der Waals surface area (Å²) >= 11 is 0. The maximum absolute atomic E-state index is 14.6. The third-order valence-corrected chi connectivity index (χ3v) is 10.7. The van der Waals surface area contributed by atoms with Crippen molar-refractivity contribution in [1.29, 1.82) is 0 Å². The Labute approximate surface area is 288 Å². The Bertz CT molecular complexity index is 1390. The van der Waals surface area contributed by atoms with Gasteiger partial charge in [0, 0.05) is 25.0 Å². The molecular weight excluding hydrogens is 626 g/mol. The van der Waals surface area contributed by atoms with E-state index in [0.29, 0.717) is 19.4 Å². The average molecular weight is 680 g/mol. The van der Waals surface area contributed by atoms with Crippen LogP contribution in [0.2, 0.25) is 0 Å². The molecule has 0 aromatic carbocycles. The van der Waals surface area contributed by atoms with Gasteiger partial charge in [-0.2, -0.15) is 0 Å². The van der Waals surface area contributed by atoms with Gasteiger partial charge in [0.2, 0.25) is 23.5 Å². The highest BCUT2D eigenvalue weighted by molar-refractivity contribution is 6.38. The molecule has 0 unspecified atom stereocenters. The number of fused-ring (bicyclic) bond motifs is 1. The van der Waals surface area contributed by atoms with Crippen molar-refractivity contribution in [3.8, 4) is 0 Å². The number of amides is 5. The van der Waals surface area contributed by atoms with Crippen LogP contribution >= 0.6 is 0 Å². The van der Waals surface area contributed by atoms with Crippen molar-refractivity contribution in [2.45, 2.75) is 135 Å². The fourth-order valence-electron chi connectivity index (χ4n) is 7.87. The molecule has 1 aromatic heterocycles. The molecule has 49 heavy (non-hydrogen) atoms. The number of aromatic nitrogens is 2. The number of Topliss-reactive ketones (excluding diaryl/α,β-unsaturated/α-hetero) is 1. The Balaban J connectivity index is 1.36. The molecule has 13 heteroatoms. The Hall–Kier alpha value is -3.90. The molecule has 5 amide bonds. The summed E-state index contributed by atoms with van der Waals surface area (Å²) in [7, 11) is 0. The van der Waals surface area contributed by atoms with Crippen molar-refractivity contribution in [1.82, 2.24) is 36.1 Å². The van der Waals surface area contributed by atoms with E-state index in [4.69, 9.17) is 0 Å². The minimum atomic E-state index is -0.994. The van der Waals surface area contributed by atoms with E-state index >= 15 is 0 Å². The quantitative estimate of drug-likeness (QED) is 0.230. The molecule has 3 saturated carbocycles. The molecule has 3 aliphatic carbocycles. The van der Waals surface area contributed by atoms with Crippen LogP contribution in [0.1, 0.15) is 115 Å². The van der Waals surface area contributed by atoms with Gasteiger partial charge in [-0.15, -0.1) is 0 Å². The topological polar surface area (TPSA) is 180 Å². The third-order valence-electron chi connectivity index (χ3n) is 10.7. The highest BCUT2D eigenvalue weighted by atomic mass is 16.2. The number of hydrogen-bond donors (Lipinski definition) is 4. The van der Waals surface area contributed by atoms with Gasteiger partial charge in [-0.3, -0.25) is 33.8 Å². The lowest BCUT2D eigenvalue weighted by atomic mass is 9.82. The second kappa shape index (κ2) is 15.8. The molecule has 1 aliphatic heterocycles. The molecule has 0 spiro atoms. The Morgan fingerprint density at radius 3 is 2.27 bits per heavy atom. The van der Waals surface area contributed by atoms with Crippen LogP contribution in [0.3, 0.4) is 0 Å². The molecule has 1 aromatic rings. The van der Waals surface area contributed by atoms with E-state index in [2.05, 4.69) is 31.2 Å². The predicted octanol–water partition coefficient (Wildman–Crippen LogP) is 2.45. The zero-order valence-electron chi connectivity index (χ0n) is 29.3. The number of carbonyl (C=O) groups is 6. The van der Waals surface area contributed by atoms with E-state index in [-0.39, 0.29) is 35.4 Å². The highest BCUT2D eigenvalue weighted by Crippen LogP contribution is 2.43. The van der Waals surface area contributed by atoms with Crippen LogP contribution in [0.5, 0.6) is 0 Å². The fourth-order valence-corrected chi connectivity index (χ4v) is 7.87. The van der Waals surface area contributed by atoms with E-state index in [1.165, 1.54) is 18.6 Å². The average Bonchev–Trinajstić information content (AvgIpc) is 3.65. The minimum Gasteiger partial charge on any atom is -0.347 e. The molecule has 268 valence electrons. The molecule has 6 atom stereocenters. The van der Waals surface area contributed by atoms with Gasteiger partial charge in [0.15, 0.2) is 0 Å². The summed E-state index contributed by atoms with van der Waals surface area (Å²) in [6.07, 6.45) is 13.9. The first kappa shape index (κ1) is 36.4. The molecule has 0 bridgehead atoms. The van der Waals surface area contributed by atoms with Gasteiger partial charge in [-0.05, 0) is 68.1 Å². The summed E-state index contributed by atoms with van der Waals surface area (Å²) in [5, 5.41) is 11.5. The number of likely N-dealkylation sites (tertiary alicyclic amines) is 1. The van der Waals surface area contributed by atoms with E-state index < -0.39 is 59.0 Å². The van der Waals surface area contributed by atoms with Gasteiger partial charge in [-0.25, -0.2) is 4.98 Å². The summed E-state index contributed by atoms with van der Waals surface area (Å²) in [6.45, 7) is 7.85. The van der Waals surface area contributed by atoms with Crippen molar-refractivity contribution in [2.24, 2.45) is 23.2 Å². The Morgan fingerprint density at radius 2 is 1.63 bits per heavy atom. The summed E-state index contributed by atoms with van der Waals surface area (Å²) in [6, 6.07) is -3.68. The first-order valence-corrected chi connectivity index (χ1v) is 18.2. The maximum Gasteiger partial charge on any atom is 0.289 e. The van der Waals surface area contributed by atoms with Gasteiger partial charge < -0.3 is 26.2 Å². The van der Waals surface area contributed by atoms with E-state index in [1.807, 2.05) is 27.7 Å². The molecule has 0 radical (unpaired) electrons. The predicted molar refractivity (Wildman–Crippen MR) is 181 cm³/mol. The molecule has 4 aliphatic rings. The van der Waals surface area contributed by atoms with E-state index in [1.54, 1.807) is 4.90 Å². The number of ketones is 1. The summed E-state index contributed by atoms with van der Waals surface area (Å²) in [5.41, 5.74) is -0.638. The lowest BCUT2D eigenvalue weighted by molar-refractivity contribution is -0.146. The second-order valence-corrected chi connectivity index (χ2v) is 15.5. The van der Waals surface area contributed by atoms with Crippen LogP contribution < -0.4 is 21.3 Å². The lowest BCUT2D eigenvalue weighted by Gasteiger charge is -2.38. The molecule has 13 nitrogen and oxygen atoms in total. The molecule has 1 saturated heterocycles. The SMILES string of the molecule is CCC[C@@H](NC(=O)[C@H]1[C@@H]2CCC[C@H]2CN1C(=O)[C@@H](NC(=O)[C@H](NC(=O)c1cnccn1)C1CCCCC1)C(C)(C)C)C(=O)C(=O)NC1CC1. The lowest BCUT2D eigenvalue weighted by Crippen LogP contribution is -2.62. The zero-order valence-corrected chi connectivity index (χ0v) is 29.3. The Morgan fingerprint density at radius 1 is 0.898 bits per heavy atom. The maximum atomic E-state index is 14.6. The van der Waals surface area contributed by atoms with Crippen LogP contribution in [0.25, 0.3) is 0 Å². The van der Waals surface area contributed by atoms with Crippen LogP contribution in [0.15, 0.2) is 18.6 Å². The second-order valence-electron chi connectivity index (χ2n) is 15.5. The standard InChI is InChI=1S/C36H53N7O6/c1-5-10-25(29(44)34(48)39-23-15-16-23)40-33(47)28-24-14-9-13-22(24)20-43(28)35(49)30(36(2,3)4)42-32(46)27(21-11-7-6-8-12-21)41-31(45)26-19-37-17-18-38-26/h17-19,21-25,27-28,30H,5-16,20H2,1-4H3,(H,39,48)(H,40,47)(H,41,45)(H,42,46)/t22-,24+,25+,27+,28+,30+/m0/s1. The first-order chi connectivity index (χ1) is 23.4. The highest BCUT2D eigenvalue weighted by Gasteiger charge is 2.52. The van der Waals surface area contributed by atoms with Gasteiger partial charge in [0.25, 0.3) is 11.8 Å². The smallest absolute Gasteiger partial charge is 0.289 e. The van der Waals surface area contributed by atoms with Crippen molar-refractivity contribution in [3.63, 3.8) is 0 Å². The van der Waals surface area contributed by atoms with Gasteiger partial charge in [0.05, 0.1) is 12.2 Å². The van der Waals surface area contributed by atoms with Gasteiger partial charge in [0.1, 0.15) is 23.8 Å². The van der Waals surface area contributed by atoms with Crippen LogP contribution in [-0.4, -0.2) is 86.9 Å². The monoisotopic (exact) mass is 679 g/mol. The minimum absolute atomic E-state index is 0.0132. The number of hydrogen-bond acceptors (Lipinski definition) is 8. The van der Waals surface area contributed by atoms with Crippen LogP contribution in [0.4, 0.5) is 0 Å². The number of nitrogens with zero attached hydrogens (tertiary/aromatic N) is 3. The summed E-state index contributed by atoms with van der Waals surface area (Å²) < 4.78 is 0. The molecule has 2 heterocycles. The zero-order chi connectivity index (χ0) is 35.3. The number of rotatable bonds is 13. The van der Waals surface area contributed by atoms with Gasteiger partial charge in [-0.1, -0.05) is 59.8 Å². The first-order valence-electron chi connectivity index (χ1n) is 18.2. The molecule has 4 fully saturated rings. The largest absolute Gasteiger partial charge is 0.347 e. The third kappa shape index (κ3) is 8.83. The van der Waals surface area contributed by atoms with E-state index in [0.717, 1.165) is 64.2 Å². The fraction of sp³-hybridized carbons (Fsp3) is 0.722. The van der Waals surface area contributed by atoms with Crippen molar-refractivity contribution >= 4 is 35.3 Å². The normalized spacial score (nSPS) is 24.2. The van der Waals surface area contributed by atoms with Crippen molar-refractivity contribution < 1.29 is 28.8 Å².